The van der Waals surface area contributed by atoms with Gasteiger partial charge in [-0.05, 0) is 40.9 Å². The minimum Gasteiger partial charge on any atom is -0.508 e. The molecule has 0 saturated carbocycles. The Balaban J connectivity index is 2.08. The first kappa shape index (κ1) is 18.3. The standard InChI is InChI=1S/C20H34N2O/c1-19(2,3)15-20(4,5)17-6-7-18(23)16(14-17)8-11-22-12-9-21-10-13-22/h6-7,14,21,23H,8-13,15H2,1-5H3. The molecule has 0 bridgehead atoms. The van der Waals surface area contributed by atoms with Gasteiger partial charge in [-0.15, -0.1) is 0 Å². The van der Waals surface area contributed by atoms with E-state index in [1.807, 2.05) is 6.07 Å². The normalized spacial score (nSPS) is 17.4. The number of nitrogens with zero attached hydrogens (tertiary/aromatic N) is 1. The van der Waals surface area contributed by atoms with Crippen molar-refractivity contribution in [1.82, 2.24) is 10.2 Å². The van der Waals surface area contributed by atoms with Gasteiger partial charge in [-0.2, -0.15) is 0 Å². The number of aromatic hydroxyl groups is 1. The molecule has 1 aromatic carbocycles. The van der Waals surface area contributed by atoms with E-state index in [1.54, 1.807) is 0 Å². The summed E-state index contributed by atoms with van der Waals surface area (Å²) in [7, 11) is 0. The van der Waals surface area contributed by atoms with E-state index in [1.165, 1.54) is 5.56 Å². The van der Waals surface area contributed by atoms with Crippen LogP contribution in [0.3, 0.4) is 0 Å². The zero-order valence-corrected chi connectivity index (χ0v) is 15.6. The van der Waals surface area contributed by atoms with Crippen molar-refractivity contribution >= 4 is 0 Å². The third-order valence-electron chi connectivity index (χ3n) is 4.74. The van der Waals surface area contributed by atoms with E-state index < -0.39 is 0 Å². The molecular formula is C20H34N2O. The highest BCUT2D eigenvalue weighted by atomic mass is 16.3. The molecule has 3 heteroatoms. The number of benzene rings is 1. The molecule has 0 spiro atoms. The number of piperazine rings is 1. The number of phenols is 1. The van der Waals surface area contributed by atoms with Crippen LogP contribution in [0.4, 0.5) is 0 Å². The molecule has 0 atom stereocenters. The van der Waals surface area contributed by atoms with Gasteiger partial charge in [-0.25, -0.2) is 0 Å². The van der Waals surface area contributed by atoms with Crippen LogP contribution in [-0.4, -0.2) is 42.7 Å². The van der Waals surface area contributed by atoms with Crippen LogP contribution in [0.5, 0.6) is 5.75 Å². The van der Waals surface area contributed by atoms with Crippen LogP contribution in [0.25, 0.3) is 0 Å². The summed E-state index contributed by atoms with van der Waals surface area (Å²) in [5.41, 5.74) is 2.83. The molecule has 3 nitrogen and oxygen atoms in total. The Morgan fingerprint density at radius 3 is 2.35 bits per heavy atom. The number of nitrogens with one attached hydrogen (secondary N) is 1. The fourth-order valence-electron chi connectivity index (χ4n) is 3.85. The molecule has 0 aliphatic carbocycles. The summed E-state index contributed by atoms with van der Waals surface area (Å²) < 4.78 is 0. The first-order valence-corrected chi connectivity index (χ1v) is 8.93. The van der Waals surface area contributed by atoms with Crippen LogP contribution in [-0.2, 0) is 11.8 Å². The van der Waals surface area contributed by atoms with Crippen LogP contribution >= 0.6 is 0 Å². The molecule has 2 rings (SSSR count). The quantitative estimate of drug-likeness (QED) is 0.871. The number of hydrogen-bond donors (Lipinski definition) is 2. The minimum absolute atomic E-state index is 0.121. The van der Waals surface area contributed by atoms with Gasteiger partial charge < -0.3 is 15.3 Å². The van der Waals surface area contributed by atoms with Crippen molar-refractivity contribution in [3.05, 3.63) is 29.3 Å². The molecule has 1 heterocycles. The SMILES string of the molecule is CC(C)(C)CC(C)(C)c1ccc(O)c(CCN2CCNCC2)c1. The van der Waals surface area contributed by atoms with Gasteiger partial charge in [-0.1, -0.05) is 46.8 Å². The maximum absolute atomic E-state index is 10.2. The van der Waals surface area contributed by atoms with E-state index in [2.05, 4.69) is 57.0 Å². The van der Waals surface area contributed by atoms with Crippen molar-refractivity contribution < 1.29 is 5.11 Å². The smallest absolute Gasteiger partial charge is 0.118 e. The predicted molar refractivity (Wildman–Crippen MR) is 98.2 cm³/mol. The lowest BCUT2D eigenvalue weighted by molar-refractivity contribution is 0.243. The van der Waals surface area contributed by atoms with E-state index in [4.69, 9.17) is 0 Å². The molecule has 0 aromatic heterocycles. The summed E-state index contributed by atoms with van der Waals surface area (Å²) in [6, 6.07) is 6.20. The van der Waals surface area contributed by atoms with Crippen molar-refractivity contribution in [3.63, 3.8) is 0 Å². The maximum atomic E-state index is 10.2. The summed E-state index contributed by atoms with van der Waals surface area (Å²) in [6.45, 7) is 16.9. The Labute approximate surface area is 142 Å². The Kier molecular flexibility index (Phi) is 5.74. The molecule has 0 radical (unpaired) electrons. The van der Waals surface area contributed by atoms with Gasteiger partial charge in [0.15, 0.2) is 0 Å². The Morgan fingerprint density at radius 2 is 1.74 bits per heavy atom. The molecule has 0 unspecified atom stereocenters. The topological polar surface area (TPSA) is 35.5 Å². The highest BCUT2D eigenvalue weighted by Gasteiger charge is 2.27. The van der Waals surface area contributed by atoms with Gasteiger partial charge in [0.2, 0.25) is 0 Å². The second-order valence-corrected chi connectivity index (χ2v) is 8.81. The zero-order valence-electron chi connectivity index (χ0n) is 15.6. The van der Waals surface area contributed by atoms with Gasteiger partial charge in [0, 0.05) is 32.7 Å². The third-order valence-corrected chi connectivity index (χ3v) is 4.74. The molecule has 1 aliphatic rings. The lowest BCUT2D eigenvalue weighted by atomic mass is 9.72. The summed E-state index contributed by atoms with van der Waals surface area (Å²) in [5, 5.41) is 13.6. The molecule has 23 heavy (non-hydrogen) atoms. The van der Waals surface area contributed by atoms with Crippen LogP contribution in [0, 0.1) is 5.41 Å². The minimum atomic E-state index is 0.121. The zero-order chi connectivity index (χ0) is 17.1. The van der Waals surface area contributed by atoms with Crippen LogP contribution in [0.1, 0.15) is 52.2 Å². The van der Waals surface area contributed by atoms with Crippen molar-refractivity contribution in [2.24, 2.45) is 5.41 Å². The predicted octanol–water partition coefficient (Wildman–Crippen LogP) is 3.55. The first-order valence-electron chi connectivity index (χ1n) is 8.93. The van der Waals surface area contributed by atoms with Crippen molar-refractivity contribution in [2.45, 2.75) is 52.9 Å². The highest BCUT2D eigenvalue weighted by molar-refractivity contribution is 5.39. The largest absolute Gasteiger partial charge is 0.508 e. The highest BCUT2D eigenvalue weighted by Crippen LogP contribution is 2.37. The van der Waals surface area contributed by atoms with E-state index in [0.29, 0.717) is 11.2 Å². The number of rotatable bonds is 5. The second-order valence-electron chi connectivity index (χ2n) is 8.81. The molecule has 1 saturated heterocycles. The Bertz CT molecular complexity index is 511. The van der Waals surface area contributed by atoms with E-state index in [0.717, 1.165) is 51.1 Å². The monoisotopic (exact) mass is 318 g/mol. The summed E-state index contributed by atoms with van der Waals surface area (Å²) in [5.74, 6) is 0.440. The van der Waals surface area contributed by atoms with Gasteiger partial charge in [0.1, 0.15) is 5.75 Å². The van der Waals surface area contributed by atoms with Crippen molar-refractivity contribution in [3.8, 4) is 5.75 Å². The maximum Gasteiger partial charge on any atom is 0.118 e. The fraction of sp³-hybridized carbons (Fsp3) is 0.700. The summed E-state index contributed by atoms with van der Waals surface area (Å²) in [4.78, 5) is 2.48. The van der Waals surface area contributed by atoms with Gasteiger partial charge in [-0.3, -0.25) is 0 Å². The average molecular weight is 319 g/mol. The lowest BCUT2D eigenvalue weighted by Gasteiger charge is -2.33. The molecule has 2 N–H and O–H groups in total. The molecule has 1 aromatic rings. The molecule has 130 valence electrons. The third kappa shape index (κ3) is 5.50. The van der Waals surface area contributed by atoms with E-state index in [9.17, 15) is 5.11 Å². The van der Waals surface area contributed by atoms with Crippen molar-refractivity contribution in [1.29, 1.82) is 0 Å². The Morgan fingerprint density at radius 1 is 1.09 bits per heavy atom. The molecule has 1 aliphatic heterocycles. The van der Waals surface area contributed by atoms with Gasteiger partial charge in [0.25, 0.3) is 0 Å². The van der Waals surface area contributed by atoms with E-state index >= 15 is 0 Å². The van der Waals surface area contributed by atoms with Crippen LogP contribution in [0.2, 0.25) is 0 Å². The summed E-state index contributed by atoms with van der Waals surface area (Å²) >= 11 is 0. The van der Waals surface area contributed by atoms with Gasteiger partial charge in [0.05, 0.1) is 0 Å². The number of phenolic OH excluding ortho intramolecular Hbond substituents is 1. The van der Waals surface area contributed by atoms with Crippen LogP contribution < -0.4 is 5.32 Å². The second kappa shape index (κ2) is 7.23. The van der Waals surface area contributed by atoms with Gasteiger partial charge >= 0.3 is 0 Å². The van der Waals surface area contributed by atoms with Crippen molar-refractivity contribution in [2.75, 3.05) is 32.7 Å². The molecule has 0 amide bonds. The average Bonchev–Trinajstić information content (AvgIpc) is 2.45. The van der Waals surface area contributed by atoms with E-state index in [-0.39, 0.29) is 5.41 Å². The lowest BCUT2D eigenvalue weighted by Crippen LogP contribution is -2.44. The molecule has 1 fully saturated rings. The molecular weight excluding hydrogens is 284 g/mol. The first-order chi connectivity index (χ1) is 10.7. The summed E-state index contributed by atoms with van der Waals surface area (Å²) in [6.07, 6.45) is 2.05. The van der Waals surface area contributed by atoms with Crippen LogP contribution in [0.15, 0.2) is 18.2 Å². The fourth-order valence-corrected chi connectivity index (χ4v) is 3.85. The Hall–Kier alpha value is -1.06. The number of hydrogen-bond acceptors (Lipinski definition) is 3.